The zero-order chi connectivity index (χ0) is 11.9. The molecule has 1 saturated carbocycles. The van der Waals surface area contributed by atoms with Crippen LogP contribution in [-0.4, -0.2) is 30.9 Å². The first-order valence-electron chi connectivity index (χ1n) is 5.33. The van der Waals surface area contributed by atoms with Gasteiger partial charge in [0.2, 0.25) is 0 Å². The van der Waals surface area contributed by atoms with Crippen molar-refractivity contribution in [2.45, 2.75) is 44.8 Å². The lowest BCUT2D eigenvalue weighted by Crippen LogP contribution is -2.49. The third-order valence-electron chi connectivity index (χ3n) is 3.23. The Morgan fingerprint density at radius 2 is 2.12 bits per heavy atom. The van der Waals surface area contributed by atoms with Crippen molar-refractivity contribution in [2.24, 2.45) is 0 Å². The van der Waals surface area contributed by atoms with Gasteiger partial charge in [0, 0.05) is 0 Å². The van der Waals surface area contributed by atoms with Crippen molar-refractivity contribution in [3.05, 3.63) is 11.6 Å². The van der Waals surface area contributed by atoms with Crippen LogP contribution in [0.3, 0.4) is 0 Å². The summed E-state index contributed by atoms with van der Waals surface area (Å²) in [7, 11) is 0. The zero-order valence-electron chi connectivity index (χ0n) is 9.34. The first-order chi connectivity index (χ1) is 7.49. The van der Waals surface area contributed by atoms with Gasteiger partial charge in [-0.15, -0.1) is 10.2 Å². The van der Waals surface area contributed by atoms with Gasteiger partial charge in [0.15, 0.2) is 5.82 Å². The molecule has 0 radical (unpaired) electrons. The molecule has 0 aliphatic heterocycles. The van der Waals surface area contributed by atoms with Gasteiger partial charge in [-0.25, -0.2) is 4.79 Å². The van der Waals surface area contributed by atoms with E-state index in [4.69, 9.17) is 0 Å². The van der Waals surface area contributed by atoms with Gasteiger partial charge in [-0.2, -0.15) is 0 Å². The molecule has 1 aromatic rings. The van der Waals surface area contributed by atoms with E-state index in [-0.39, 0.29) is 0 Å². The number of rotatable bonds is 3. The smallest absolute Gasteiger partial charge is 0.329 e. The molecule has 0 saturated heterocycles. The molecule has 1 fully saturated rings. The van der Waals surface area contributed by atoms with Crippen LogP contribution in [0.15, 0.2) is 0 Å². The van der Waals surface area contributed by atoms with E-state index >= 15 is 0 Å². The van der Waals surface area contributed by atoms with Crippen molar-refractivity contribution in [2.75, 3.05) is 0 Å². The number of carbonyl (C=O) groups is 1. The fourth-order valence-corrected chi connectivity index (χ4v) is 2.22. The molecule has 1 heterocycles. The van der Waals surface area contributed by atoms with E-state index in [1.165, 1.54) is 0 Å². The maximum Gasteiger partial charge on any atom is 0.329 e. The second-order valence-corrected chi connectivity index (χ2v) is 4.31. The van der Waals surface area contributed by atoms with Crippen molar-refractivity contribution in [3.63, 3.8) is 0 Å². The second kappa shape index (κ2) is 3.55. The zero-order valence-corrected chi connectivity index (χ0v) is 9.34. The van der Waals surface area contributed by atoms with Gasteiger partial charge in [-0.05, 0) is 33.1 Å². The van der Waals surface area contributed by atoms with Crippen LogP contribution in [0, 0.1) is 6.92 Å². The maximum absolute atomic E-state index is 11.4. The minimum absolute atomic E-state index is 0.333. The maximum atomic E-state index is 11.4. The molecule has 88 valence electrons. The van der Waals surface area contributed by atoms with Crippen LogP contribution in [0.5, 0.6) is 0 Å². The van der Waals surface area contributed by atoms with Crippen LogP contribution in [0.2, 0.25) is 0 Å². The van der Waals surface area contributed by atoms with Gasteiger partial charge in [0.1, 0.15) is 17.5 Å². The average molecular weight is 225 g/mol. The van der Waals surface area contributed by atoms with Gasteiger partial charge in [-0.3, -0.25) is 4.57 Å². The Bertz CT molecular complexity index is 421. The minimum atomic E-state index is -0.945. The Kier molecular flexibility index (Phi) is 2.46. The Morgan fingerprint density at radius 1 is 1.50 bits per heavy atom. The summed E-state index contributed by atoms with van der Waals surface area (Å²) >= 11 is 0. The molecule has 1 atom stereocenters. The Morgan fingerprint density at radius 3 is 2.50 bits per heavy atom. The molecule has 0 spiro atoms. The van der Waals surface area contributed by atoms with Gasteiger partial charge in [-0.1, -0.05) is 0 Å². The Balaban J connectivity index is 2.53. The van der Waals surface area contributed by atoms with E-state index in [0.717, 1.165) is 6.42 Å². The summed E-state index contributed by atoms with van der Waals surface area (Å²) in [5, 5.41) is 26.6. The van der Waals surface area contributed by atoms with E-state index in [0.29, 0.717) is 24.5 Å². The molecule has 0 amide bonds. The van der Waals surface area contributed by atoms with Crippen molar-refractivity contribution >= 4 is 5.97 Å². The van der Waals surface area contributed by atoms with Gasteiger partial charge in [0.05, 0.1) is 0 Å². The van der Waals surface area contributed by atoms with E-state index in [2.05, 4.69) is 10.2 Å². The molecular weight excluding hydrogens is 210 g/mol. The van der Waals surface area contributed by atoms with Gasteiger partial charge in [0.25, 0.3) is 0 Å². The number of carboxylic acid groups (broad SMARTS) is 1. The van der Waals surface area contributed by atoms with Crippen LogP contribution in [-0.2, 0) is 10.3 Å². The molecular formula is C10H15N3O3. The number of aliphatic hydroxyl groups excluding tert-OH is 1. The summed E-state index contributed by atoms with van der Waals surface area (Å²) in [5.74, 6) is 0.00106. The van der Waals surface area contributed by atoms with E-state index in [1.807, 2.05) is 0 Å². The predicted molar refractivity (Wildman–Crippen MR) is 54.9 cm³/mol. The van der Waals surface area contributed by atoms with Crippen LogP contribution < -0.4 is 0 Å². The molecule has 6 heteroatoms. The summed E-state index contributed by atoms with van der Waals surface area (Å²) in [6, 6.07) is 0. The van der Waals surface area contributed by atoms with Crippen molar-refractivity contribution < 1.29 is 15.0 Å². The second-order valence-electron chi connectivity index (χ2n) is 4.31. The number of aliphatic hydroxyl groups is 1. The topological polar surface area (TPSA) is 88.2 Å². The summed E-state index contributed by atoms with van der Waals surface area (Å²) in [5.41, 5.74) is -0.945. The number of hydrogen-bond acceptors (Lipinski definition) is 4. The normalized spacial score (nSPS) is 20.2. The van der Waals surface area contributed by atoms with Crippen molar-refractivity contribution in [1.82, 2.24) is 14.8 Å². The lowest BCUT2D eigenvalue weighted by molar-refractivity contribution is -0.153. The fraction of sp³-hybridized carbons (Fsp3) is 0.700. The molecule has 2 rings (SSSR count). The lowest BCUT2D eigenvalue weighted by Gasteiger charge is -2.40. The van der Waals surface area contributed by atoms with Crippen LogP contribution in [0.4, 0.5) is 0 Å². The molecule has 1 aliphatic rings. The van der Waals surface area contributed by atoms with Crippen molar-refractivity contribution in [1.29, 1.82) is 0 Å². The van der Waals surface area contributed by atoms with E-state index in [1.54, 1.807) is 18.4 Å². The first-order valence-corrected chi connectivity index (χ1v) is 5.33. The lowest BCUT2D eigenvalue weighted by atomic mass is 9.76. The number of carboxylic acids is 1. The third kappa shape index (κ3) is 1.33. The number of nitrogens with zero attached hydrogens (tertiary/aromatic N) is 3. The third-order valence-corrected chi connectivity index (χ3v) is 3.23. The van der Waals surface area contributed by atoms with Crippen LogP contribution >= 0.6 is 0 Å². The molecule has 2 N–H and O–H groups in total. The molecule has 16 heavy (non-hydrogen) atoms. The summed E-state index contributed by atoms with van der Waals surface area (Å²) in [6.45, 7) is 3.27. The number of aliphatic carboxylic acids is 1. The predicted octanol–water partition coefficient (Wildman–Crippen LogP) is 0.604. The first kappa shape index (κ1) is 11.1. The van der Waals surface area contributed by atoms with Gasteiger partial charge >= 0.3 is 5.97 Å². The van der Waals surface area contributed by atoms with Crippen molar-refractivity contribution in [3.8, 4) is 0 Å². The van der Waals surface area contributed by atoms with E-state index in [9.17, 15) is 15.0 Å². The largest absolute Gasteiger partial charge is 0.479 e. The molecule has 1 aliphatic carbocycles. The van der Waals surface area contributed by atoms with Gasteiger partial charge < -0.3 is 10.2 Å². The minimum Gasteiger partial charge on any atom is -0.479 e. The molecule has 0 bridgehead atoms. The monoisotopic (exact) mass is 225 g/mol. The Hall–Kier alpha value is -1.43. The van der Waals surface area contributed by atoms with E-state index < -0.39 is 17.6 Å². The van der Waals surface area contributed by atoms with Crippen LogP contribution in [0.25, 0.3) is 0 Å². The number of hydrogen-bond donors (Lipinski definition) is 2. The fourth-order valence-electron chi connectivity index (χ4n) is 2.22. The molecule has 1 aromatic heterocycles. The standard InChI is InChI=1S/C10H15N3O3/c1-6(14)8-12-11-7(2)13(8)10(9(15)16)4-3-5-10/h6,14H,3-5H2,1-2H3,(H,15,16). The highest BCUT2D eigenvalue weighted by atomic mass is 16.4. The highest BCUT2D eigenvalue weighted by Crippen LogP contribution is 2.41. The quantitative estimate of drug-likeness (QED) is 0.786. The summed E-state index contributed by atoms with van der Waals surface area (Å²) < 4.78 is 1.57. The molecule has 6 nitrogen and oxygen atoms in total. The average Bonchev–Trinajstić information content (AvgIpc) is 2.46. The summed E-state index contributed by atoms with van der Waals surface area (Å²) in [6.07, 6.45) is 1.21. The summed E-state index contributed by atoms with van der Waals surface area (Å²) in [4.78, 5) is 11.4. The van der Waals surface area contributed by atoms with Crippen LogP contribution in [0.1, 0.15) is 43.9 Å². The molecule has 1 unspecified atom stereocenters. The highest BCUT2D eigenvalue weighted by Gasteiger charge is 2.48. The SMILES string of the molecule is Cc1nnc(C(C)O)n1C1(C(=O)O)CCC1. The highest BCUT2D eigenvalue weighted by molar-refractivity contribution is 5.78. The number of aryl methyl sites for hydroxylation is 1. The molecule has 0 aromatic carbocycles. The number of aromatic nitrogens is 3. The Labute approximate surface area is 92.9 Å².